The van der Waals surface area contributed by atoms with Gasteiger partial charge in [0, 0.05) is 17.3 Å². The molecule has 4 rings (SSSR count). The first-order chi connectivity index (χ1) is 9.35. The Morgan fingerprint density at radius 3 is 3.21 bits per heavy atom. The lowest BCUT2D eigenvalue weighted by Gasteiger charge is -2.13. The van der Waals surface area contributed by atoms with Crippen LogP contribution >= 0.6 is 11.8 Å². The van der Waals surface area contributed by atoms with Crippen molar-refractivity contribution in [3.8, 4) is 5.75 Å². The zero-order valence-corrected chi connectivity index (χ0v) is 11.2. The third kappa shape index (κ3) is 1.65. The van der Waals surface area contributed by atoms with Gasteiger partial charge in [0.15, 0.2) is 10.9 Å². The van der Waals surface area contributed by atoms with Gasteiger partial charge in [0.1, 0.15) is 11.3 Å². The lowest BCUT2D eigenvalue weighted by molar-refractivity contribution is 0.415. The van der Waals surface area contributed by atoms with Crippen LogP contribution in [0.2, 0.25) is 0 Å². The Hall–Kier alpha value is -1.88. The van der Waals surface area contributed by atoms with E-state index in [2.05, 4.69) is 21.4 Å². The number of thioether (sulfide) groups is 1. The van der Waals surface area contributed by atoms with Crippen molar-refractivity contribution >= 4 is 33.6 Å². The van der Waals surface area contributed by atoms with Crippen molar-refractivity contribution in [3.63, 3.8) is 0 Å². The third-order valence-electron chi connectivity index (χ3n) is 3.34. The zero-order valence-electron chi connectivity index (χ0n) is 10.4. The fourth-order valence-corrected chi connectivity index (χ4v) is 3.33. The van der Waals surface area contributed by atoms with Crippen LogP contribution < -0.4 is 4.74 Å². The fraction of sp³-hybridized carbons (Fsp3) is 0.214. The molecule has 3 heterocycles. The van der Waals surface area contributed by atoms with E-state index in [1.807, 2.05) is 18.2 Å². The Morgan fingerprint density at radius 2 is 2.32 bits per heavy atom. The van der Waals surface area contributed by atoms with Gasteiger partial charge >= 0.3 is 0 Å². The smallest absolute Gasteiger partial charge is 0.168 e. The van der Waals surface area contributed by atoms with E-state index in [9.17, 15) is 0 Å². The minimum Gasteiger partial charge on any atom is -0.497 e. The number of hydrogen-bond acceptors (Lipinski definition) is 5. The number of ether oxygens (including phenoxy) is 1. The van der Waals surface area contributed by atoms with E-state index in [4.69, 9.17) is 9.15 Å². The average molecular weight is 272 g/mol. The standard InChI is InChI=1S/C14H12N2O2S/c1-17-10-2-3-12-9(6-10)7-13(18-12)11-8-19-14-15-4-5-16(11)14/h2-3,6-8H,4-5H2,1H3. The highest BCUT2D eigenvalue weighted by molar-refractivity contribution is 8.16. The van der Waals surface area contributed by atoms with Crippen LogP contribution in [0.15, 0.2) is 39.1 Å². The molecule has 96 valence electrons. The Morgan fingerprint density at radius 1 is 1.37 bits per heavy atom. The Labute approximate surface area is 114 Å². The lowest BCUT2D eigenvalue weighted by atomic mass is 10.2. The molecule has 2 aliphatic heterocycles. The molecule has 4 nitrogen and oxygen atoms in total. The first-order valence-corrected chi connectivity index (χ1v) is 7.00. The summed E-state index contributed by atoms with van der Waals surface area (Å²) < 4.78 is 11.2. The van der Waals surface area contributed by atoms with Crippen LogP contribution in [0.5, 0.6) is 5.75 Å². The molecule has 0 saturated heterocycles. The minimum absolute atomic E-state index is 0.845. The van der Waals surface area contributed by atoms with Gasteiger partial charge in [-0.05, 0) is 24.3 Å². The summed E-state index contributed by atoms with van der Waals surface area (Å²) in [7, 11) is 1.67. The molecule has 0 atom stereocenters. The Bertz CT molecular complexity index is 717. The van der Waals surface area contributed by atoms with E-state index in [0.29, 0.717) is 0 Å². The van der Waals surface area contributed by atoms with Crippen molar-refractivity contribution in [2.24, 2.45) is 4.99 Å². The van der Waals surface area contributed by atoms with E-state index < -0.39 is 0 Å². The van der Waals surface area contributed by atoms with Gasteiger partial charge in [-0.25, -0.2) is 0 Å². The number of rotatable bonds is 2. The molecule has 0 amide bonds. The summed E-state index contributed by atoms with van der Waals surface area (Å²) in [5.41, 5.74) is 1.99. The first-order valence-electron chi connectivity index (χ1n) is 6.12. The van der Waals surface area contributed by atoms with E-state index >= 15 is 0 Å². The predicted molar refractivity (Wildman–Crippen MR) is 77.3 cm³/mol. The molecule has 0 bridgehead atoms. The average Bonchev–Trinajstić information content (AvgIpc) is 3.11. The summed E-state index contributed by atoms with van der Waals surface area (Å²) in [4.78, 5) is 6.65. The van der Waals surface area contributed by atoms with Gasteiger partial charge in [0.25, 0.3) is 0 Å². The molecule has 19 heavy (non-hydrogen) atoms. The van der Waals surface area contributed by atoms with Crippen LogP contribution in [0, 0.1) is 0 Å². The van der Waals surface area contributed by atoms with E-state index in [1.165, 1.54) is 0 Å². The molecule has 0 spiro atoms. The quantitative estimate of drug-likeness (QED) is 0.841. The van der Waals surface area contributed by atoms with Gasteiger partial charge in [0.05, 0.1) is 19.4 Å². The maximum absolute atomic E-state index is 5.93. The normalized spacial score (nSPS) is 17.6. The SMILES string of the molecule is COc1ccc2oc(C3=CSC4=NCCN34)cc2c1. The van der Waals surface area contributed by atoms with Crippen molar-refractivity contribution in [2.75, 3.05) is 20.2 Å². The zero-order chi connectivity index (χ0) is 12.8. The number of furan rings is 1. The number of fused-ring (bicyclic) bond motifs is 2. The van der Waals surface area contributed by atoms with Crippen molar-refractivity contribution in [1.82, 2.24) is 4.90 Å². The molecule has 0 saturated carbocycles. The van der Waals surface area contributed by atoms with Gasteiger partial charge in [-0.15, -0.1) is 0 Å². The topological polar surface area (TPSA) is 38.0 Å². The van der Waals surface area contributed by atoms with E-state index in [0.717, 1.165) is 46.4 Å². The molecule has 2 aliphatic rings. The Balaban J connectivity index is 1.78. The highest BCUT2D eigenvalue weighted by Crippen LogP contribution is 2.37. The molecular weight excluding hydrogens is 260 g/mol. The fourth-order valence-electron chi connectivity index (χ4n) is 2.39. The summed E-state index contributed by atoms with van der Waals surface area (Å²) in [6.07, 6.45) is 0. The number of hydrogen-bond donors (Lipinski definition) is 0. The van der Waals surface area contributed by atoms with Gasteiger partial charge in [0.2, 0.25) is 0 Å². The number of amidine groups is 1. The van der Waals surface area contributed by atoms with Crippen LogP contribution in [-0.2, 0) is 0 Å². The number of methoxy groups -OCH3 is 1. The molecule has 5 heteroatoms. The molecular formula is C14H12N2O2S. The third-order valence-corrected chi connectivity index (χ3v) is 4.25. The molecule has 0 aliphatic carbocycles. The second-order valence-electron chi connectivity index (χ2n) is 4.45. The number of aliphatic imine (C=N–C) groups is 1. The summed E-state index contributed by atoms with van der Waals surface area (Å²) >= 11 is 1.66. The number of benzene rings is 1. The monoisotopic (exact) mass is 272 g/mol. The van der Waals surface area contributed by atoms with Gasteiger partial charge < -0.3 is 14.1 Å². The Kier molecular flexibility index (Phi) is 2.35. The van der Waals surface area contributed by atoms with Crippen LogP contribution in [0.3, 0.4) is 0 Å². The van der Waals surface area contributed by atoms with Crippen LogP contribution in [-0.4, -0.2) is 30.3 Å². The molecule has 2 aromatic rings. The van der Waals surface area contributed by atoms with Crippen LogP contribution in [0.4, 0.5) is 0 Å². The van der Waals surface area contributed by atoms with Gasteiger partial charge in [-0.2, -0.15) is 0 Å². The molecule has 1 aromatic heterocycles. The maximum atomic E-state index is 5.93. The summed E-state index contributed by atoms with van der Waals surface area (Å²) in [6.45, 7) is 1.81. The second kappa shape index (κ2) is 4.06. The van der Waals surface area contributed by atoms with E-state index in [1.54, 1.807) is 18.9 Å². The van der Waals surface area contributed by atoms with Crippen LogP contribution in [0.25, 0.3) is 16.7 Å². The van der Waals surface area contributed by atoms with Crippen molar-refractivity contribution in [2.45, 2.75) is 0 Å². The highest BCUT2D eigenvalue weighted by atomic mass is 32.2. The van der Waals surface area contributed by atoms with Gasteiger partial charge in [-0.3, -0.25) is 4.99 Å². The number of nitrogens with zero attached hydrogens (tertiary/aromatic N) is 2. The molecule has 0 unspecified atom stereocenters. The highest BCUT2D eigenvalue weighted by Gasteiger charge is 2.29. The van der Waals surface area contributed by atoms with Crippen molar-refractivity contribution in [3.05, 3.63) is 35.4 Å². The molecule has 1 aromatic carbocycles. The predicted octanol–water partition coefficient (Wildman–Crippen LogP) is 3.16. The van der Waals surface area contributed by atoms with Gasteiger partial charge in [-0.1, -0.05) is 11.8 Å². The summed E-state index contributed by atoms with van der Waals surface area (Å²) in [5, 5.41) is 4.24. The summed E-state index contributed by atoms with van der Waals surface area (Å²) in [5.74, 6) is 1.74. The largest absolute Gasteiger partial charge is 0.497 e. The van der Waals surface area contributed by atoms with Crippen molar-refractivity contribution < 1.29 is 9.15 Å². The molecule has 0 N–H and O–H groups in total. The minimum atomic E-state index is 0.845. The first kappa shape index (κ1) is 11.0. The maximum Gasteiger partial charge on any atom is 0.168 e. The molecule has 0 radical (unpaired) electrons. The summed E-state index contributed by atoms with van der Waals surface area (Å²) in [6, 6.07) is 7.91. The van der Waals surface area contributed by atoms with Crippen molar-refractivity contribution in [1.29, 1.82) is 0 Å². The lowest BCUT2D eigenvalue weighted by Crippen LogP contribution is -2.19. The molecule has 0 fully saturated rings. The van der Waals surface area contributed by atoms with Crippen LogP contribution in [0.1, 0.15) is 5.76 Å². The van der Waals surface area contributed by atoms with E-state index in [-0.39, 0.29) is 0 Å². The second-order valence-corrected chi connectivity index (χ2v) is 5.29.